The fourth-order valence-corrected chi connectivity index (χ4v) is 2.48. The lowest BCUT2D eigenvalue weighted by atomic mass is 10.0. The Bertz CT molecular complexity index is 402. The van der Waals surface area contributed by atoms with E-state index in [0.717, 1.165) is 30.5 Å². The van der Waals surface area contributed by atoms with Gasteiger partial charge in [0.05, 0.1) is 12.1 Å². The Kier molecular flexibility index (Phi) is 3.36. The Morgan fingerprint density at radius 3 is 2.88 bits per heavy atom. The third-order valence-electron chi connectivity index (χ3n) is 3.00. The molecule has 1 N–H and O–H groups in total. The van der Waals surface area contributed by atoms with Crippen LogP contribution in [0.1, 0.15) is 30.0 Å². The zero-order valence-corrected chi connectivity index (χ0v) is 10.2. The van der Waals surface area contributed by atoms with E-state index in [1.54, 1.807) is 0 Å². The van der Waals surface area contributed by atoms with Gasteiger partial charge in [-0.3, -0.25) is 0 Å². The first-order valence-electron chi connectivity index (χ1n) is 5.41. The Labute approximate surface area is 99.7 Å². The zero-order valence-electron chi connectivity index (χ0n) is 9.44. The molecule has 1 fully saturated rings. The number of hydrogen-bond acceptors (Lipinski definition) is 2. The molecule has 0 amide bonds. The number of rotatable bonds is 2. The van der Waals surface area contributed by atoms with E-state index in [4.69, 9.17) is 16.3 Å². The molecule has 1 aliphatic rings. The van der Waals surface area contributed by atoms with E-state index in [1.165, 1.54) is 13.2 Å². The van der Waals surface area contributed by atoms with Gasteiger partial charge < -0.3 is 10.1 Å². The van der Waals surface area contributed by atoms with Crippen LogP contribution >= 0.6 is 11.6 Å². The van der Waals surface area contributed by atoms with Crippen molar-refractivity contribution in [3.8, 4) is 5.75 Å². The van der Waals surface area contributed by atoms with Crippen LogP contribution in [0, 0.1) is 12.7 Å². The van der Waals surface area contributed by atoms with Crippen molar-refractivity contribution in [2.45, 2.75) is 25.8 Å². The highest BCUT2D eigenvalue weighted by atomic mass is 35.5. The number of benzene rings is 1. The standard InChI is InChI=1S/C12H15ClFNO/c1-7-6-8(14)12(16-2)10(11(7)13)9-4-3-5-15-9/h6,9,15H,3-5H2,1-2H3. The predicted molar refractivity (Wildman–Crippen MR) is 62.7 cm³/mol. The van der Waals surface area contributed by atoms with Gasteiger partial charge in [-0.15, -0.1) is 0 Å². The maximum atomic E-state index is 13.7. The third-order valence-corrected chi connectivity index (χ3v) is 3.50. The minimum Gasteiger partial charge on any atom is -0.493 e. The lowest BCUT2D eigenvalue weighted by Crippen LogP contribution is -2.15. The van der Waals surface area contributed by atoms with Gasteiger partial charge in [-0.1, -0.05) is 11.6 Å². The van der Waals surface area contributed by atoms with E-state index < -0.39 is 0 Å². The zero-order chi connectivity index (χ0) is 11.7. The molecule has 0 bridgehead atoms. The van der Waals surface area contributed by atoms with Crippen LogP contribution in [0.5, 0.6) is 5.75 Å². The van der Waals surface area contributed by atoms with E-state index in [2.05, 4.69) is 5.32 Å². The van der Waals surface area contributed by atoms with Crippen molar-refractivity contribution in [1.82, 2.24) is 5.32 Å². The van der Waals surface area contributed by atoms with E-state index in [1.807, 2.05) is 6.92 Å². The molecule has 1 saturated heterocycles. The van der Waals surface area contributed by atoms with Gasteiger partial charge in [0.25, 0.3) is 0 Å². The Hall–Kier alpha value is -0.800. The second-order valence-electron chi connectivity index (χ2n) is 4.09. The molecular formula is C12H15ClFNO. The maximum Gasteiger partial charge on any atom is 0.165 e. The normalized spacial score (nSPS) is 20.1. The smallest absolute Gasteiger partial charge is 0.165 e. The van der Waals surface area contributed by atoms with Crippen molar-refractivity contribution in [3.63, 3.8) is 0 Å². The van der Waals surface area contributed by atoms with E-state index in [-0.39, 0.29) is 17.6 Å². The molecule has 1 heterocycles. The largest absolute Gasteiger partial charge is 0.493 e. The molecular weight excluding hydrogens is 229 g/mol. The molecule has 0 spiro atoms. The summed E-state index contributed by atoms with van der Waals surface area (Å²) in [6.45, 7) is 2.75. The lowest BCUT2D eigenvalue weighted by Gasteiger charge is -2.18. The first-order valence-corrected chi connectivity index (χ1v) is 5.78. The van der Waals surface area contributed by atoms with Crippen molar-refractivity contribution in [3.05, 3.63) is 28.0 Å². The molecule has 1 aromatic carbocycles. The summed E-state index contributed by atoms with van der Waals surface area (Å²) in [7, 11) is 1.47. The summed E-state index contributed by atoms with van der Waals surface area (Å²) in [6.07, 6.45) is 2.05. The third kappa shape index (κ3) is 1.89. The summed E-state index contributed by atoms with van der Waals surface area (Å²) in [4.78, 5) is 0. The average Bonchev–Trinajstić information content (AvgIpc) is 2.76. The highest BCUT2D eigenvalue weighted by Crippen LogP contribution is 2.39. The molecule has 0 aromatic heterocycles. The number of methoxy groups -OCH3 is 1. The fourth-order valence-electron chi connectivity index (χ4n) is 2.21. The summed E-state index contributed by atoms with van der Waals surface area (Å²) in [6, 6.07) is 1.52. The van der Waals surface area contributed by atoms with Crippen LogP contribution < -0.4 is 10.1 Å². The topological polar surface area (TPSA) is 21.3 Å². The van der Waals surface area contributed by atoms with Crippen molar-refractivity contribution in [2.75, 3.05) is 13.7 Å². The Morgan fingerprint density at radius 2 is 2.31 bits per heavy atom. The highest BCUT2D eigenvalue weighted by molar-refractivity contribution is 6.32. The van der Waals surface area contributed by atoms with Crippen LogP contribution in [-0.4, -0.2) is 13.7 Å². The Morgan fingerprint density at radius 1 is 1.56 bits per heavy atom. The van der Waals surface area contributed by atoms with Gasteiger partial charge in [0.2, 0.25) is 0 Å². The summed E-state index contributed by atoms with van der Waals surface area (Å²) in [5, 5.41) is 3.92. The second kappa shape index (κ2) is 4.60. The number of nitrogens with one attached hydrogen (secondary N) is 1. The van der Waals surface area contributed by atoms with Gasteiger partial charge in [-0.25, -0.2) is 4.39 Å². The number of ether oxygens (including phenoxy) is 1. The summed E-state index contributed by atoms with van der Waals surface area (Å²) in [5.74, 6) is -0.0666. The van der Waals surface area contributed by atoms with Gasteiger partial charge in [-0.05, 0) is 37.9 Å². The molecule has 0 radical (unpaired) electrons. The van der Waals surface area contributed by atoms with Crippen molar-refractivity contribution >= 4 is 11.6 Å². The fraction of sp³-hybridized carbons (Fsp3) is 0.500. The molecule has 2 rings (SSSR count). The molecule has 1 unspecified atom stereocenters. The lowest BCUT2D eigenvalue weighted by molar-refractivity contribution is 0.375. The number of aryl methyl sites for hydroxylation is 1. The second-order valence-corrected chi connectivity index (χ2v) is 4.46. The van der Waals surface area contributed by atoms with Crippen LogP contribution in [0.15, 0.2) is 6.07 Å². The summed E-state index contributed by atoms with van der Waals surface area (Å²) in [5.41, 5.74) is 1.52. The summed E-state index contributed by atoms with van der Waals surface area (Å²) >= 11 is 6.24. The number of halogens is 2. The van der Waals surface area contributed by atoms with E-state index >= 15 is 0 Å². The first-order chi connectivity index (χ1) is 7.65. The van der Waals surface area contributed by atoms with Gasteiger partial charge in [0.15, 0.2) is 11.6 Å². The van der Waals surface area contributed by atoms with Crippen LogP contribution in [0.25, 0.3) is 0 Å². The quantitative estimate of drug-likeness (QED) is 0.861. The van der Waals surface area contributed by atoms with E-state index in [0.29, 0.717) is 5.02 Å². The van der Waals surface area contributed by atoms with Crippen LogP contribution in [0.2, 0.25) is 5.02 Å². The SMILES string of the molecule is COc1c(F)cc(C)c(Cl)c1C1CCCN1. The van der Waals surface area contributed by atoms with Crippen LogP contribution in [-0.2, 0) is 0 Å². The average molecular weight is 244 g/mol. The minimum atomic E-state index is -0.340. The minimum absolute atomic E-state index is 0.108. The predicted octanol–water partition coefficient (Wildman–Crippen LogP) is 3.22. The molecule has 88 valence electrons. The Balaban J connectivity index is 2.54. The molecule has 2 nitrogen and oxygen atoms in total. The van der Waals surface area contributed by atoms with Gasteiger partial charge in [0, 0.05) is 11.6 Å². The van der Waals surface area contributed by atoms with Crippen molar-refractivity contribution in [1.29, 1.82) is 0 Å². The summed E-state index contributed by atoms with van der Waals surface area (Å²) < 4.78 is 18.9. The molecule has 0 saturated carbocycles. The molecule has 1 atom stereocenters. The monoisotopic (exact) mass is 243 g/mol. The van der Waals surface area contributed by atoms with Crippen molar-refractivity contribution in [2.24, 2.45) is 0 Å². The van der Waals surface area contributed by atoms with Gasteiger partial charge >= 0.3 is 0 Å². The molecule has 1 aliphatic heterocycles. The molecule has 16 heavy (non-hydrogen) atoms. The number of hydrogen-bond donors (Lipinski definition) is 1. The van der Waals surface area contributed by atoms with Gasteiger partial charge in [0.1, 0.15) is 0 Å². The van der Waals surface area contributed by atoms with Crippen molar-refractivity contribution < 1.29 is 9.13 Å². The maximum absolute atomic E-state index is 13.7. The highest BCUT2D eigenvalue weighted by Gasteiger charge is 2.26. The van der Waals surface area contributed by atoms with Crippen LogP contribution in [0.4, 0.5) is 4.39 Å². The van der Waals surface area contributed by atoms with Gasteiger partial charge in [-0.2, -0.15) is 0 Å². The van der Waals surface area contributed by atoms with Crippen LogP contribution in [0.3, 0.4) is 0 Å². The molecule has 1 aromatic rings. The molecule has 4 heteroatoms. The first kappa shape index (κ1) is 11.7. The van der Waals surface area contributed by atoms with E-state index in [9.17, 15) is 4.39 Å². The molecule has 0 aliphatic carbocycles.